The Morgan fingerprint density at radius 1 is 1.00 bits per heavy atom. The summed E-state index contributed by atoms with van der Waals surface area (Å²) in [6.07, 6.45) is -0.559. The Morgan fingerprint density at radius 3 is 2.13 bits per heavy atom. The number of amides is 3. The molecule has 0 aliphatic heterocycles. The van der Waals surface area contributed by atoms with Crippen LogP contribution < -0.4 is 21.1 Å². The normalized spacial score (nSPS) is 12.5. The summed E-state index contributed by atoms with van der Waals surface area (Å²) in [5, 5.41) is 6.04. The molecule has 1 aromatic rings. The second-order valence-electron chi connectivity index (χ2n) is 9.02. The number of nitrogens with zero attached hydrogens (tertiary/aromatic N) is 1. The molecule has 0 aliphatic carbocycles. The average molecular weight is 437 g/mol. The fourth-order valence-electron chi connectivity index (χ4n) is 2.29. The van der Waals surface area contributed by atoms with Crippen LogP contribution in [0.2, 0.25) is 0 Å². The van der Waals surface area contributed by atoms with Crippen molar-refractivity contribution in [2.75, 3.05) is 13.2 Å². The maximum atomic E-state index is 12.0. The van der Waals surface area contributed by atoms with Gasteiger partial charge in [-0.15, -0.1) is 5.32 Å². The first-order chi connectivity index (χ1) is 14.2. The summed E-state index contributed by atoms with van der Waals surface area (Å²) >= 11 is 0. The Bertz CT molecular complexity index is 735. The minimum absolute atomic E-state index is 0.227. The van der Waals surface area contributed by atoms with Crippen LogP contribution in [-0.4, -0.2) is 48.5 Å². The van der Waals surface area contributed by atoms with Crippen molar-refractivity contribution in [2.45, 2.75) is 71.6 Å². The number of rotatable bonds is 8. The lowest BCUT2D eigenvalue weighted by molar-refractivity contribution is -0.122. The molecule has 0 bridgehead atoms. The topological polar surface area (TPSA) is 131 Å². The molecule has 1 aromatic carbocycles. The smallest absolute Gasteiger partial charge is 0.437 e. The van der Waals surface area contributed by atoms with Gasteiger partial charge in [-0.25, -0.2) is 9.59 Å². The summed E-state index contributed by atoms with van der Waals surface area (Å²) in [5.41, 5.74) is 5.40. The van der Waals surface area contributed by atoms with Gasteiger partial charge in [0.2, 0.25) is 0 Å². The van der Waals surface area contributed by atoms with Gasteiger partial charge < -0.3 is 25.3 Å². The average Bonchev–Trinajstić information content (AvgIpc) is 2.59. The Morgan fingerprint density at radius 2 is 1.58 bits per heavy atom. The van der Waals surface area contributed by atoms with Gasteiger partial charge in [-0.3, -0.25) is 4.79 Å². The van der Waals surface area contributed by atoms with Gasteiger partial charge in [-0.05, 0) is 72.1 Å². The molecule has 0 heterocycles. The Kier molecular flexibility index (Phi) is 9.77. The maximum Gasteiger partial charge on any atom is 0.437 e. The standard InChI is InChI=1S/C22H34N3O6/c1-21(2,3)30-19(27)24-12-7-13-29-16-10-8-15(9-11-16)14-17(23)18(26)25-20(28)31-22(4,5)6/h8-11,17H,7,12-14,23H2,1-6H3,(H,24,27)/t17-/m0/s1. The summed E-state index contributed by atoms with van der Waals surface area (Å²) in [7, 11) is 0. The van der Waals surface area contributed by atoms with E-state index >= 15 is 0 Å². The molecule has 0 saturated heterocycles. The lowest BCUT2D eigenvalue weighted by Gasteiger charge is -2.19. The van der Waals surface area contributed by atoms with Gasteiger partial charge in [0.1, 0.15) is 17.0 Å². The highest BCUT2D eigenvalue weighted by atomic mass is 16.6. The molecule has 3 N–H and O–H groups in total. The lowest BCUT2D eigenvalue weighted by Crippen LogP contribution is -2.42. The number of carbonyl (C=O) groups excluding carboxylic acids is 3. The molecule has 9 nitrogen and oxygen atoms in total. The fraction of sp³-hybridized carbons (Fsp3) is 0.591. The summed E-state index contributed by atoms with van der Waals surface area (Å²) < 4.78 is 15.8. The van der Waals surface area contributed by atoms with E-state index in [9.17, 15) is 14.4 Å². The highest BCUT2D eigenvalue weighted by Gasteiger charge is 2.23. The molecule has 1 rings (SSSR count). The van der Waals surface area contributed by atoms with Gasteiger partial charge in [0.15, 0.2) is 0 Å². The van der Waals surface area contributed by atoms with Crippen molar-refractivity contribution in [3.8, 4) is 5.75 Å². The van der Waals surface area contributed by atoms with E-state index in [-0.39, 0.29) is 6.42 Å². The van der Waals surface area contributed by atoms with Gasteiger partial charge in [-0.1, -0.05) is 12.1 Å². The Hall–Kier alpha value is -2.81. The Balaban J connectivity index is 2.34. The highest BCUT2D eigenvalue weighted by molar-refractivity contribution is 5.94. The quantitative estimate of drug-likeness (QED) is 0.599. The molecule has 0 unspecified atom stereocenters. The van der Waals surface area contributed by atoms with E-state index in [0.717, 1.165) is 5.56 Å². The van der Waals surface area contributed by atoms with Gasteiger partial charge >= 0.3 is 12.2 Å². The molecule has 0 aliphatic rings. The molecule has 31 heavy (non-hydrogen) atoms. The first-order valence-corrected chi connectivity index (χ1v) is 10.2. The van der Waals surface area contributed by atoms with Crippen LogP contribution in [0.4, 0.5) is 9.59 Å². The minimum atomic E-state index is -0.946. The zero-order valence-electron chi connectivity index (χ0n) is 19.2. The van der Waals surface area contributed by atoms with Crippen LogP contribution in [0.3, 0.4) is 0 Å². The van der Waals surface area contributed by atoms with Crippen LogP contribution >= 0.6 is 0 Å². The molecule has 0 aromatic heterocycles. The second-order valence-corrected chi connectivity index (χ2v) is 9.02. The molecule has 1 atom stereocenters. The number of hydrogen-bond donors (Lipinski definition) is 2. The van der Waals surface area contributed by atoms with Gasteiger partial charge in [0, 0.05) is 6.54 Å². The van der Waals surface area contributed by atoms with E-state index in [4.69, 9.17) is 19.9 Å². The largest absolute Gasteiger partial charge is 0.494 e. The molecule has 0 fully saturated rings. The third-order valence-electron chi connectivity index (χ3n) is 3.55. The number of carbonyl (C=O) groups is 3. The summed E-state index contributed by atoms with van der Waals surface area (Å²) in [5.74, 6) is -0.0774. The molecular weight excluding hydrogens is 402 g/mol. The van der Waals surface area contributed by atoms with Crippen molar-refractivity contribution in [1.82, 2.24) is 10.6 Å². The van der Waals surface area contributed by atoms with Crippen molar-refractivity contribution >= 4 is 18.1 Å². The van der Waals surface area contributed by atoms with Crippen LogP contribution in [0, 0.1) is 0 Å². The van der Waals surface area contributed by atoms with Crippen molar-refractivity contribution in [3.05, 3.63) is 29.8 Å². The zero-order valence-corrected chi connectivity index (χ0v) is 19.2. The van der Waals surface area contributed by atoms with Crippen LogP contribution in [0.1, 0.15) is 53.5 Å². The van der Waals surface area contributed by atoms with E-state index in [1.165, 1.54) is 0 Å². The first-order valence-electron chi connectivity index (χ1n) is 10.2. The third-order valence-corrected chi connectivity index (χ3v) is 3.55. The Labute approximate surface area is 184 Å². The number of nitrogens with one attached hydrogen (secondary N) is 1. The number of imide groups is 1. The highest BCUT2D eigenvalue weighted by Crippen LogP contribution is 2.14. The number of hydrogen-bond acceptors (Lipinski definition) is 7. The monoisotopic (exact) mass is 436 g/mol. The van der Waals surface area contributed by atoms with Crippen molar-refractivity contribution in [2.24, 2.45) is 5.73 Å². The zero-order chi connectivity index (χ0) is 23.7. The van der Waals surface area contributed by atoms with E-state index in [2.05, 4.69) is 10.6 Å². The molecular formula is C22H34N3O6. The summed E-state index contributed by atoms with van der Waals surface area (Å²) in [6.45, 7) is 11.3. The number of nitrogens with two attached hydrogens (primary N) is 1. The van der Waals surface area contributed by atoms with Crippen molar-refractivity contribution < 1.29 is 28.6 Å². The van der Waals surface area contributed by atoms with Crippen LogP contribution in [-0.2, 0) is 20.7 Å². The van der Waals surface area contributed by atoms with Crippen LogP contribution in [0.25, 0.3) is 0 Å². The molecule has 0 spiro atoms. The second kappa shape index (κ2) is 11.5. The van der Waals surface area contributed by atoms with Gasteiger partial charge in [0.05, 0.1) is 12.6 Å². The predicted octanol–water partition coefficient (Wildman–Crippen LogP) is 2.92. The summed E-state index contributed by atoms with van der Waals surface area (Å²) in [4.78, 5) is 35.1. The molecule has 1 radical (unpaired) electrons. The van der Waals surface area contributed by atoms with E-state index in [1.807, 2.05) is 0 Å². The molecule has 9 heteroatoms. The van der Waals surface area contributed by atoms with Crippen LogP contribution in [0.15, 0.2) is 24.3 Å². The van der Waals surface area contributed by atoms with Crippen molar-refractivity contribution in [3.63, 3.8) is 0 Å². The minimum Gasteiger partial charge on any atom is -0.494 e. The molecule has 0 saturated carbocycles. The van der Waals surface area contributed by atoms with E-state index in [0.29, 0.717) is 25.3 Å². The molecule has 173 valence electrons. The first kappa shape index (κ1) is 26.2. The molecule has 3 amide bonds. The van der Waals surface area contributed by atoms with E-state index < -0.39 is 35.3 Å². The van der Waals surface area contributed by atoms with Gasteiger partial charge in [0.25, 0.3) is 5.91 Å². The lowest BCUT2D eigenvalue weighted by atomic mass is 10.1. The third kappa shape index (κ3) is 12.5. The summed E-state index contributed by atoms with van der Waals surface area (Å²) in [6, 6.07) is 6.15. The fourth-order valence-corrected chi connectivity index (χ4v) is 2.29. The number of ether oxygens (including phenoxy) is 3. The maximum absolute atomic E-state index is 12.0. The van der Waals surface area contributed by atoms with Crippen LogP contribution in [0.5, 0.6) is 5.75 Å². The number of alkyl carbamates (subject to hydrolysis) is 1. The number of benzene rings is 1. The SMILES string of the molecule is CC(C)(C)OC(=O)[N]C(=O)[C@@H](N)Cc1ccc(OCCCNC(=O)OC(C)(C)C)cc1. The predicted molar refractivity (Wildman–Crippen MR) is 116 cm³/mol. The van der Waals surface area contributed by atoms with Crippen molar-refractivity contribution in [1.29, 1.82) is 0 Å². The van der Waals surface area contributed by atoms with Gasteiger partial charge in [-0.2, -0.15) is 0 Å². The van der Waals surface area contributed by atoms with E-state index in [1.54, 1.807) is 65.8 Å².